The molecule has 0 N–H and O–H groups in total. The molecule has 6 aliphatic carbocycles. The van der Waals surface area contributed by atoms with Crippen molar-refractivity contribution in [1.82, 2.24) is 0 Å². The lowest BCUT2D eigenvalue weighted by molar-refractivity contribution is -0.0713. The smallest absolute Gasteiger partial charge is 0.0318 e. The van der Waals surface area contributed by atoms with Crippen molar-refractivity contribution in [3.8, 4) is 0 Å². The highest BCUT2D eigenvalue weighted by Crippen LogP contribution is 2.60. The maximum atomic E-state index is 2.66. The molecular weight excluding hydrogens is 480 g/mol. The number of fused-ring (bicyclic) bond motifs is 2. The molecule has 6 rings (SSSR count). The van der Waals surface area contributed by atoms with Crippen molar-refractivity contribution in [2.75, 3.05) is 0 Å². The average Bonchev–Trinajstić information content (AvgIpc) is 3.64. The number of rotatable bonds is 7. The van der Waals surface area contributed by atoms with Crippen LogP contribution in [-0.2, 0) is 0 Å². The Hall–Kier alpha value is 0. The van der Waals surface area contributed by atoms with Gasteiger partial charge >= 0.3 is 0 Å². The van der Waals surface area contributed by atoms with Crippen LogP contribution in [0.2, 0.25) is 0 Å². The molecule has 6 fully saturated rings. The van der Waals surface area contributed by atoms with Crippen LogP contribution in [0.1, 0.15) is 176 Å². The third-order valence-corrected chi connectivity index (χ3v) is 14.7. The maximum absolute atomic E-state index is 2.66. The van der Waals surface area contributed by atoms with Gasteiger partial charge in [0.2, 0.25) is 0 Å². The van der Waals surface area contributed by atoms with E-state index in [2.05, 4.69) is 34.6 Å². The summed E-state index contributed by atoms with van der Waals surface area (Å²) in [5.41, 5.74) is 0. The van der Waals surface area contributed by atoms with Gasteiger partial charge in [0.1, 0.15) is 0 Å². The molecule has 0 heteroatoms. The minimum atomic E-state index is 1.01. The van der Waals surface area contributed by atoms with Crippen molar-refractivity contribution in [2.45, 2.75) is 176 Å². The molecule has 232 valence electrons. The molecule has 0 spiro atoms. The van der Waals surface area contributed by atoms with Crippen molar-refractivity contribution in [1.29, 1.82) is 0 Å². The molecule has 40 heavy (non-hydrogen) atoms. The van der Waals surface area contributed by atoms with E-state index in [1.54, 1.807) is 89.9 Å². The van der Waals surface area contributed by atoms with Gasteiger partial charge in [0.05, 0.1) is 0 Å². The molecule has 0 nitrogen and oxygen atoms in total. The Labute approximate surface area is 252 Å². The predicted molar refractivity (Wildman–Crippen MR) is 175 cm³/mol. The van der Waals surface area contributed by atoms with Gasteiger partial charge < -0.3 is 0 Å². The molecule has 0 aromatic rings. The van der Waals surface area contributed by atoms with E-state index in [0.717, 1.165) is 76.9 Å². The molecule has 13 atom stereocenters. The lowest BCUT2D eigenvalue weighted by Crippen LogP contribution is -2.49. The zero-order valence-electron chi connectivity index (χ0n) is 28.1. The quantitative estimate of drug-likeness (QED) is 0.294. The van der Waals surface area contributed by atoms with Crippen molar-refractivity contribution in [2.24, 2.45) is 76.9 Å². The summed E-state index contributed by atoms with van der Waals surface area (Å²) >= 11 is 0. The van der Waals surface area contributed by atoms with E-state index < -0.39 is 0 Å². The number of unbranched alkanes of at least 4 members (excludes halogenated alkanes) is 1. The van der Waals surface area contributed by atoms with Gasteiger partial charge in [-0.15, -0.1) is 0 Å². The standard InChI is InChI=1S/C26H46.C14H26/c1-4-6-12-22-18(3)17-21-11-9-14-24(21)26(22)25-19(5-2)15-16-20-10-7-8-13-23(20)25;1-3-12-5-4-6-13(10-12)14-8-7-11(2)9-14/h18-26H,4-17H2,1-3H3;11-14H,3-10H2,1-2H3. The largest absolute Gasteiger partial charge is 0.0654 e. The highest BCUT2D eigenvalue weighted by Gasteiger charge is 2.52. The first-order chi connectivity index (χ1) is 19.5. The van der Waals surface area contributed by atoms with Crippen molar-refractivity contribution in [3.05, 3.63) is 0 Å². The van der Waals surface area contributed by atoms with Crippen LogP contribution < -0.4 is 0 Å². The first-order valence-electron chi connectivity index (χ1n) is 19.5. The topological polar surface area (TPSA) is 0 Å². The first-order valence-corrected chi connectivity index (χ1v) is 19.5. The van der Waals surface area contributed by atoms with Gasteiger partial charge in [-0.3, -0.25) is 0 Å². The fourth-order valence-electron chi connectivity index (χ4n) is 12.7. The van der Waals surface area contributed by atoms with Gasteiger partial charge in [-0.1, -0.05) is 118 Å². The molecule has 13 unspecified atom stereocenters. The Morgan fingerprint density at radius 2 is 1.20 bits per heavy atom. The zero-order valence-corrected chi connectivity index (χ0v) is 28.1. The maximum Gasteiger partial charge on any atom is -0.0318 e. The van der Waals surface area contributed by atoms with Crippen LogP contribution in [-0.4, -0.2) is 0 Å². The molecule has 0 heterocycles. The van der Waals surface area contributed by atoms with E-state index in [1.807, 2.05) is 0 Å². The summed E-state index contributed by atoms with van der Waals surface area (Å²) in [7, 11) is 0. The van der Waals surface area contributed by atoms with Gasteiger partial charge in [0.15, 0.2) is 0 Å². The average molecular weight is 553 g/mol. The fourth-order valence-corrected chi connectivity index (χ4v) is 12.7. The van der Waals surface area contributed by atoms with Crippen molar-refractivity contribution in [3.63, 3.8) is 0 Å². The van der Waals surface area contributed by atoms with Gasteiger partial charge in [-0.2, -0.15) is 0 Å². The van der Waals surface area contributed by atoms with Crippen LogP contribution in [0.25, 0.3) is 0 Å². The summed E-state index contributed by atoms with van der Waals surface area (Å²) < 4.78 is 0. The van der Waals surface area contributed by atoms with Crippen LogP contribution in [0.15, 0.2) is 0 Å². The second kappa shape index (κ2) is 15.1. The molecule has 0 radical (unpaired) electrons. The van der Waals surface area contributed by atoms with Crippen LogP contribution in [0.3, 0.4) is 0 Å². The Morgan fingerprint density at radius 3 is 1.95 bits per heavy atom. The molecule has 0 saturated heterocycles. The summed E-state index contributed by atoms with van der Waals surface area (Å²) in [5.74, 6) is 14.1. The van der Waals surface area contributed by atoms with Gasteiger partial charge in [0, 0.05) is 0 Å². The Kier molecular flexibility index (Phi) is 11.9. The lowest BCUT2D eigenvalue weighted by Gasteiger charge is -2.56. The summed E-state index contributed by atoms with van der Waals surface area (Å²) in [6, 6.07) is 0. The fraction of sp³-hybridized carbons (Fsp3) is 1.00. The number of hydrogen-bond donors (Lipinski definition) is 0. The summed E-state index contributed by atoms with van der Waals surface area (Å²) in [5, 5.41) is 0. The minimum absolute atomic E-state index is 1.01. The van der Waals surface area contributed by atoms with E-state index in [-0.39, 0.29) is 0 Å². The Morgan fingerprint density at radius 1 is 0.525 bits per heavy atom. The third-order valence-electron chi connectivity index (χ3n) is 14.7. The SMILES string of the molecule is CCC1CCCC(C2CCC(C)C2)C1.CCCCC1C(C)CC2CCCC2C1C1C(CC)CCC2CCCCC21. The van der Waals surface area contributed by atoms with Gasteiger partial charge in [-0.25, -0.2) is 0 Å². The van der Waals surface area contributed by atoms with Gasteiger partial charge in [0.25, 0.3) is 0 Å². The van der Waals surface area contributed by atoms with Crippen molar-refractivity contribution >= 4 is 0 Å². The van der Waals surface area contributed by atoms with E-state index >= 15 is 0 Å². The Bertz CT molecular complexity index is 724. The monoisotopic (exact) mass is 553 g/mol. The second-order valence-electron chi connectivity index (χ2n) is 16.9. The van der Waals surface area contributed by atoms with Crippen LogP contribution in [0.5, 0.6) is 0 Å². The summed E-state index contributed by atoms with van der Waals surface area (Å²) in [4.78, 5) is 0. The lowest BCUT2D eigenvalue weighted by atomic mass is 9.49. The van der Waals surface area contributed by atoms with E-state index in [4.69, 9.17) is 0 Å². The van der Waals surface area contributed by atoms with Crippen LogP contribution in [0.4, 0.5) is 0 Å². The molecule has 0 amide bonds. The molecule has 0 aromatic carbocycles. The van der Waals surface area contributed by atoms with E-state index in [0.29, 0.717) is 0 Å². The minimum Gasteiger partial charge on any atom is -0.0654 e. The molecule has 6 saturated carbocycles. The van der Waals surface area contributed by atoms with Crippen LogP contribution in [0, 0.1) is 76.9 Å². The molecular formula is C40H72. The normalized spacial score (nSPS) is 47.2. The second-order valence-corrected chi connectivity index (χ2v) is 16.9. The zero-order chi connectivity index (χ0) is 28.1. The molecule has 0 bridgehead atoms. The number of hydrogen-bond acceptors (Lipinski definition) is 0. The van der Waals surface area contributed by atoms with E-state index in [9.17, 15) is 0 Å². The van der Waals surface area contributed by atoms with E-state index in [1.165, 1.54) is 51.4 Å². The Balaban J connectivity index is 0.000000194. The predicted octanol–water partition coefficient (Wildman–Crippen LogP) is 12.7. The summed E-state index contributed by atoms with van der Waals surface area (Å²) in [6.07, 6.45) is 33.8. The van der Waals surface area contributed by atoms with Crippen molar-refractivity contribution < 1.29 is 0 Å². The summed E-state index contributed by atoms with van der Waals surface area (Å²) in [6.45, 7) is 12.4. The third kappa shape index (κ3) is 7.20. The first kappa shape index (κ1) is 31.4. The van der Waals surface area contributed by atoms with Gasteiger partial charge in [-0.05, 0) is 135 Å². The highest BCUT2D eigenvalue weighted by atomic mass is 14.6. The molecule has 0 aromatic heterocycles. The van der Waals surface area contributed by atoms with Crippen LogP contribution >= 0.6 is 0 Å². The molecule has 0 aliphatic heterocycles. The molecule has 6 aliphatic rings. The highest BCUT2D eigenvalue weighted by molar-refractivity contribution is 5.01.